The number of aliphatic hydroxyl groups is 1. The molecular formula is C15H29NO. The van der Waals surface area contributed by atoms with Gasteiger partial charge in [-0.25, -0.2) is 0 Å². The molecule has 0 aromatic heterocycles. The van der Waals surface area contributed by atoms with Gasteiger partial charge >= 0.3 is 0 Å². The van der Waals surface area contributed by atoms with E-state index in [0.717, 1.165) is 24.3 Å². The molecule has 0 heterocycles. The summed E-state index contributed by atoms with van der Waals surface area (Å²) in [5, 5.41) is 13.2. The average molecular weight is 239 g/mol. The van der Waals surface area contributed by atoms with Crippen LogP contribution in [0.2, 0.25) is 0 Å². The van der Waals surface area contributed by atoms with Crippen LogP contribution in [0.1, 0.15) is 52.4 Å². The smallest absolute Gasteiger partial charge is 0.0462 e. The minimum atomic E-state index is 0.391. The van der Waals surface area contributed by atoms with Crippen LogP contribution in [-0.2, 0) is 0 Å². The Balaban J connectivity index is 1.80. The number of aliphatic hydroxyl groups excluding tert-OH is 1. The molecule has 4 atom stereocenters. The third-order valence-electron chi connectivity index (χ3n) is 5.21. The van der Waals surface area contributed by atoms with E-state index in [0.29, 0.717) is 18.6 Å². The highest BCUT2D eigenvalue weighted by Gasteiger charge is 2.30. The van der Waals surface area contributed by atoms with Crippen molar-refractivity contribution >= 4 is 0 Å². The van der Waals surface area contributed by atoms with Crippen LogP contribution in [-0.4, -0.2) is 24.3 Å². The highest BCUT2D eigenvalue weighted by atomic mass is 16.3. The summed E-state index contributed by atoms with van der Waals surface area (Å²) < 4.78 is 0. The van der Waals surface area contributed by atoms with Crippen molar-refractivity contribution in [3.63, 3.8) is 0 Å². The zero-order valence-electron chi connectivity index (χ0n) is 11.5. The zero-order chi connectivity index (χ0) is 12.3. The summed E-state index contributed by atoms with van der Waals surface area (Å²) in [6.07, 6.45) is 8.04. The maximum absolute atomic E-state index is 9.35. The molecule has 2 aliphatic carbocycles. The lowest BCUT2D eigenvalue weighted by Gasteiger charge is -2.36. The average Bonchev–Trinajstić information content (AvgIpc) is 2.76. The summed E-state index contributed by atoms with van der Waals surface area (Å²) in [6.45, 7) is 6.31. The van der Waals surface area contributed by atoms with Crippen LogP contribution >= 0.6 is 0 Å². The molecule has 2 fully saturated rings. The van der Waals surface area contributed by atoms with Gasteiger partial charge in [0.15, 0.2) is 0 Å². The summed E-state index contributed by atoms with van der Waals surface area (Å²) in [7, 11) is 0. The first-order valence-corrected chi connectivity index (χ1v) is 7.56. The monoisotopic (exact) mass is 239 g/mol. The second-order valence-corrected chi connectivity index (χ2v) is 6.45. The van der Waals surface area contributed by atoms with E-state index in [4.69, 9.17) is 0 Å². The molecule has 0 aromatic carbocycles. The van der Waals surface area contributed by atoms with Crippen molar-refractivity contribution < 1.29 is 5.11 Å². The Morgan fingerprint density at radius 3 is 2.18 bits per heavy atom. The molecule has 2 N–H and O–H groups in total. The minimum Gasteiger partial charge on any atom is -0.396 e. The molecule has 2 rings (SSSR count). The van der Waals surface area contributed by atoms with Crippen LogP contribution in [0.25, 0.3) is 0 Å². The van der Waals surface area contributed by atoms with Crippen molar-refractivity contribution in [2.24, 2.45) is 23.7 Å². The van der Waals surface area contributed by atoms with Gasteiger partial charge in [0.05, 0.1) is 0 Å². The molecule has 0 amide bonds. The highest BCUT2D eigenvalue weighted by molar-refractivity contribution is 4.86. The molecule has 0 aromatic rings. The van der Waals surface area contributed by atoms with Crippen LogP contribution in [0.4, 0.5) is 0 Å². The van der Waals surface area contributed by atoms with Crippen LogP contribution in [0, 0.1) is 23.7 Å². The van der Waals surface area contributed by atoms with Gasteiger partial charge in [0.1, 0.15) is 0 Å². The Morgan fingerprint density at radius 1 is 0.941 bits per heavy atom. The molecule has 2 aliphatic rings. The van der Waals surface area contributed by atoms with Crippen molar-refractivity contribution in [2.75, 3.05) is 13.2 Å². The van der Waals surface area contributed by atoms with Crippen molar-refractivity contribution in [1.82, 2.24) is 5.32 Å². The summed E-state index contributed by atoms with van der Waals surface area (Å²) in [5.41, 5.74) is 0. The Morgan fingerprint density at radius 2 is 1.53 bits per heavy atom. The molecule has 2 heteroatoms. The summed E-state index contributed by atoms with van der Waals surface area (Å²) in [5.74, 6) is 2.94. The van der Waals surface area contributed by atoms with Crippen LogP contribution in [0.3, 0.4) is 0 Å². The fourth-order valence-electron chi connectivity index (χ4n) is 3.99. The normalized spacial score (nSPS) is 42.9. The first-order chi connectivity index (χ1) is 8.22. The first-order valence-electron chi connectivity index (χ1n) is 7.56. The van der Waals surface area contributed by atoms with Crippen LogP contribution in [0.15, 0.2) is 0 Å². The molecular weight excluding hydrogens is 210 g/mol. The molecule has 0 aliphatic heterocycles. The lowest BCUT2D eigenvalue weighted by Crippen LogP contribution is -2.45. The van der Waals surface area contributed by atoms with E-state index in [1.165, 1.54) is 38.5 Å². The summed E-state index contributed by atoms with van der Waals surface area (Å²) >= 11 is 0. The lowest BCUT2D eigenvalue weighted by atomic mass is 9.78. The fraction of sp³-hybridized carbons (Fsp3) is 1.00. The molecule has 2 nitrogen and oxygen atoms in total. The SMILES string of the molecule is CC1CCCC(C)C1NCC1CCCC1CO. The van der Waals surface area contributed by atoms with E-state index in [2.05, 4.69) is 19.2 Å². The van der Waals surface area contributed by atoms with E-state index in [-0.39, 0.29) is 0 Å². The third-order valence-corrected chi connectivity index (χ3v) is 5.21. The molecule has 17 heavy (non-hydrogen) atoms. The van der Waals surface area contributed by atoms with Gasteiger partial charge in [0.2, 0.25) is 0 Å². The van der Waals surface area contributed by atoms with Gasteiger partial charge in [-0.1, -0.05) is 26.7 Å². The molecule has 2 saturated carbocycles. The molecule has 4 unspecified atom stereocenters. The van der Waals surface area contributed by atoms with Crippen LogP contribution in [0.5, 0.6) is 0 Å². The fourth-order valence-corrected chi connectivity index (χ4v) is 3.99. The second kappa shape index (κ2) is 6.19. The summed E-state index contributed by atoms with van der Waals surface area (Å²) in [4.78, 5) is 0. The molecule has 0 radical (unpaired) electrons. The second-order valence-electron chi connectivity index (χ2n) is 6.45. The van der Waals surface area contributed by atoms with Gasteiger partial charge in [-0.2, -0.15) is 0 Å². The van der Waals surface area contributed by atoms with Crippen LogP contribution < -0.4 is 5.32 Å². The Labute approximate surface area is 106 Å². The lowest BCUT2D eigenvalue weighted by molar-refractivity contribution is 0.167. The van der Waals surface area contributed by atoms with Crippen molar-refractivity contribution in [3.8, 4) is 0 Å². The van der Waals surface area contributed by atoms with Gasteiger partial charge in [0.25, 0.3) is 0 Å². The third kappa shape index (κ3) is 3.23. The van der Waals surface area contributed by atoms with Gasteiger partial charge in [-0.15, -0.1) is 0 Å². The highest BCUT2D eigenvalue weighted by Crippen LogP contribution is 2.33. The topological polar surface area (TPSA) is 32.3 Å². The van der Waals surface area contributed by atoms with Gasteiger partial charge in [-0.3, -0.25) is 0 Å². The standard InChI is InChI=1S/C15H29NO/c1-11-5-3-6-12(2)15(11)16-9-13-7-4-8-14(13)10-17/h11-17H,3-10H2,1-2H3. The first kappa shape index (κ1) is 13.4. The molecule has 0 spiro atoms. The summed E-state index contributed by atoms with van der Waals surface area (Å²) in [6, 6.07) is 0.712. The van der Waals surface area contributed by atoms with E-state index in [1.54, 1.807) is 0 Å². The number of nitrogens with one attached hydrogen (secondary N) is 1. The van der Waals surface area contributed by atoms with E-state index in [9.17, 15) is 5.11 Å². The van der Waals surface area contributed by atoms with Gasteiger partial charge in [-0.05, 0) is 55.9 Å². The van der Waals surface area contributed by atoms with E-state index >= 15 is 0 Å². The van der Waals surface area contributed by atoms with Crippen molar-refractivity contribution in [1.29, 1.82) is 0 Å². The maximum Gasteiger partial charge on any atom is 0.0462 e. The van der Waals surface area contributed by atoms with Gasteiger partial charge in [0, 0.05) is 12.6 Å². The van der Waals surface area contributed by atoms with E-state index < -0.39 is 0 Å². The predicted octanol–water partition coefficient (Wildman–Crippen LogP) is 2.81. The Kier molecular flexibility index (Phi) is 4.87. The maximum atomic E-state index is 9.35. The molecule has 100 valence electrons. The largest absolute Gasteiger partial charge is 0.396 e. The van der Waals surface area contributed by atoms with Crippen molar-refractivity contribution in [2.45, 2.75) is 58.4 Å². The zero-order valence-corrected chi connectivity index (χ0v) is 11.5. The van der Waals surface area contributed by atoms with E-state index in [1.807, 2.05) is 0 Å². The molecule has 0 saturated heterocycles. The Bertz CT molecular complexity index is 221. The van der Waals surface area contributed by atoms with Gasteiger partial charge < -0.3 is 10.4 Å². The minimum absolute atomic E-state index is 0.391. The number of hydrogen-bond donors (Lipinski definition) is 2. The molecule has 0 bridgehead atoms. The number of hydrogen-bond acceptors (Lipinski definition) is 2. The number of rotatable bonds is 4. The Hall–Kier alpha value is -0.0800. The van der Waals surface area contributed by atoms with Crippen molar-refractivity contribution in [3.05, 3.63) is 0 Å². The predicted molar refractivity (Wildman–Crippen MR) is 71.9 cm³/mol. The quantitative estimate of drug-likeness (QED) is 0.790.